The minimum atomic E-state index is -0.524. The smallest absolute Gasteiger partial charge is 0.150 e. The van der Waals surface area contributed by atoms with Gasteiger partial charge in [0.2, 0.25) is 0 Å². The third kappa shape index (κ3) is 3.65. The van der Waals surface area contributed by atoms with Crippen LogP contribution in [0.15, 0.2) is 34.1 Å². The SMILES string of the molecule is O=Cc1cc(SI)c(F)cc1-c1cc(F)c(SI)cc1C=O. The van der Waals surface area contributed by atoms with E-state index in [1.165, 1.54) is 12.1 Å². The lowest BCUT2D eigenvalue weighted by molar-refractivity contribution is 0.111. The Bertz CT molecular complexity index is 691. The summed E-state index contributed by atoms with van der Waals surface area (Å²) in [6.07, 6.45) is 1.14. The van der Waals surface area contributed by atoms with Crippen molar-refractivity contribution in [3.8, 4) is 11.1 Å². The van der Waals surface area contributed by atoms with E-state index in [-0.39, 0.29) is 22.3 Å². The second-order valence-electron chi connectivity index (χ2n) is 4.13. The van der Waals surface area contributed by atoms with Crippen LogP contribution in [0.4, 0.5) is 8.78 Å². The van der Waals surface area contributed by atoms with Gasteiger partial charge in [-0.15, -0.1) is 0 Å². The van der Waals surface area contributed by atoms with Crippen LogP contribution in [0.2, 0.25) is 0 Å². The molecule has 2 aromatic carbocycles. The first kappa shape index (κ1) is 18.1. The molecule has 0 unspecified atom stereocenters. The van der Waals surface area contributed by atoms with Crippen LogP contribution < -0.4 is 0 Å². The van der Waals surface area contributed by atoms with Crippen LogP contribution in [0.3, 0.4) is 0 Å². The number of carbonyl (C=O) groups is 2. The van der Waals surface area contributed by atoms with Gasteiger partial charge in [0, 0.05) is 53.5 Å². The third-order valence-corrected chi connectivity index (χ3v) is 6.72. The van der Waals surface area contributed by atoms with Crippen molar-refractivity contribution in [2.75, 3.05) is 0 Å². The van der Waals surface area contributed by atoms with E-state index < -0.39 is 11.6 Å². The maximum Gasteiger partial charge on any atom is 0.150 e. The highest BCUT2D eigenvalue weighted by molar-refractivity contribution is 14.2. The molecule has 22 heavy (non-hydrogen) atoms. The second-order valence-corrected chi connectivity index (χ2v) is 7.96. The first-order chi connectivity index (χ1) is 10.5. The number of halogens is 4. The molecule has 0 saturated carbocycles. The molecule has 0 amide bonds. The number of hydrogen-bond donors (Lipinski definition) is 0. The van der Waals surface area contributed by atoms with E-state index in [4.69, 9.17) is 0 Å². The number of rotatable bonds is 5. The predicted molar refractivity (Wildman–Crippen MR) is 102 cm³/mol. The molecule has 8 heteroatoms. The first-order valence-electron chi connectivity index (χ1n) is 5.70. The second kappa shape index (κ2) is 8.06. The van der Waals surface area contributed by atoms with Crippen molar-refractivity contribution in [3.05, 3.63) is 47.0 Å². The highest BCUT2D eigenvalue weighted by atomic mass is 127. The first-order valence-corrected chi connectivity index (χ1v) is 12.4. The Balaban J connectivity index is 2.75. The lowest BCUT2D eigenvalue weighted by atomic mass is 9.96. The Morgan fingerprint density at radius 3 is 1.41 bits per heavy atom. The summed E-state index contributed by atoms with van der Waals surface area (Å²) in [7, 11) is 2.27. The van der Waals surface area contributed by atoms with Crippen molar-refractivity contribution in [1.82, 2.24) is 0 Å². The molecule has 0 aromatic heterocycles. The monoisotopic (exact) mass is 562 g/mol. The normalized spacial score (nSPS) is 10.5. The summed E-state index contributed by atoms with van der Waals surface area (Å²) in [5.74, 6) is -1.05. The molecule has 0 heterocycles. The summed E-state index contributed by atoms with van der Waals surface area (Å²) in [5.41, 5.74) is 0.816. The molecule has 0 bridgehead atoms. The molecule has 0 N–H and O–H groups in total. The van der Waals surface area contributed by atoms with Gasteiger partial charge < -0.3 is 0 Å². The van der Waals surface area contributed by atoms with Crippen molar-refractivity contribution in [1.29, 1.82) is 0 Å². The van der Waals surface area contributed by atoms with Gasteiger partial charge in [-0.25, -0.2) is 8.78 Å². The molecule has 0 saturated heterocycles. The average molecular weight is 562 g/mol. The molecular weight excluding hydrogens is 556 g/mol. The average Bonchev–Trinajstić information content (AvgIpc) is 2.54. The highest BCUT2D eigenvalue weighted by Gasteiger charge is 2.17. The van der Waals surface area contributed by atoms with E-state index >= 15 is 0 Å². The summed E-state index contributed by atoms with van der Waals surface area (Å²) in [4.78, 5) is 23.1. The van der Waals surface area contributed by atoms with Crippen LogP contribution >= 0.6 is 60.3 Å². The molecule has 2 nitrogen and oxygen atoms in total. The maximum atomic E-state index is 14.0. The van der Waals surface area contributed by atoms with Crippen molar-refractivity contribution in [2.24, 2.45) is 0 Å². The Kier molecular flexibility index (Phi) is 6.65. The number of carbonyl (C=O) groups excluding carboxylic acids is 2. The van der Waals surface area contributed by atoms with Crippen molar-refractivity contribution < 1.29 is 18.4 Å². The zero-order valence-corrected chi connectivity index (χ0v) is 16.6. The van der Waals surface area contributed by atoms with E-state index in [1.54, 1.807) is 0 Å². The maximum absolute atomic E-state index is 14.0. The highest BCUT2D eigenvalue weighted by Crippen LogP contribution is 2.37. The molecule has 0 radical (unpaired) electrons. The Labute approximate surface area is 158 Å². The molecule has 2 aromatic rings. The van der Waals surface area contributed by atoms with E-state index in [0.717, 1.165) is 30.0 Å². The zero-order valence-electron chi connectivity index (χ0n) is 10.6. The van der Waals surface area contributed by atoms with Gasteiger partial charge in [-0.2, -0.15) is 0 Å². The minimum absolute atomic E-state index is 0.202. The van der Waals surface area contributed by atoms with Crippen molar-refractivity contribution in [2.45, 2.75) is 9.79 Å². The van der Waals surface area contributed by atoms with Crippen LogP contribution in [0.5, 0.6) is 0 Å². The standard InChI is InChI=1S/C14H6F2I2O2S2/c15-11-3-9(7(5-19)1-13(11)21-17)10-4-12(16)14(22-18)2-8(10)6-20/h1-6H. The van der Waals surface area contributed by atoms with Gasteiger partial charge in [-0.3, -0.25) is 9.59 Å². The van der Waals surface area contributed by atoms with Crippen LogP contribution in [0.25, 0.3) is 11.1 Å². The van der Waals surface area contributed by atoms with Gasteiger partial charge in [0.1, 0.15) is 11.6 Å². The summed E-state index contributed by atoms with van der Waals surface area (Å²) in [6.45, 7) is 0. The number of aldehydes is 2. The lowest BCUT2D eigenvalue weighted by Crippen LogP contribution is -1.97. The Morgan fingerprint density at radius 2 is 1.14 bits per heavy atom. The van der Waals surface area contributed by atoms with Gasteiger partial charge in [0.15, 0.2) is 12.6 Å². The Hall–Kier alpha value is -0.200. The molecule has 2 rings (SSSR count). The van der Waals surface area contributed by atoms with Gasteiger partial charge in [0.05, 0.1) is 9.79 Å². The van der Waals surface area contributed by atoms with Crippen LogP contribution in [0.1, 0.15) is 20.7 Å². The largest absolute Gasteiger partial charge is 0.298 e. The lowest BCUT2D eigenvalue weighted by Gasteiger charge is -2.11. The summed E-state index contributed by atoms with van der Waals surface area (Å²) in [6, 6.07) is 5.09. The molecule has 0 aliphatic rings. The molecular formula is C14H6F2I2O2S2. The fourth-order valence-corrected chi connectivity index (χ4v) is 4.55. The molecule has 0 fully saturated rings. The molecule has 114 valence electrons. The van der Waals surface area contributed by atoms with Gasteiger partial charge in [0.25, 0.3) is 0 Å². The fourth-order valence-electron chi connectivity index (χ4n) is 1.92. The topological polar surface area (TPSA) is 34.1 Å². The zero-order chi connectivity index (χ0) is 16.3. The molecule has 0 atom stereocenters. The summed E-state index contributed by atoms with van der Waals surface area (Å²) in [5, 5.41) is 0. The number of hydrogen-bond acceptors (Lipinski definition) is 4. The van der Waals surface area contributed by atoms with E-state index in [1.807, 2.05) is 42.4 Å². The molecule has 0 aliphatic carbocycles. The van der Waals surface area contributed by atoms with E-state index in [0.29, 0.717) is 22.4 Å². The van der Waals surface area contributed by atoms with Crippen molar-refractivity contribution in [3.63, 3.8) is 0 Å². The van der Waals surface area contributed by atoms with Gasteiger partial charge in [-0.1, -0.05) is 0 Å². The third-order valence-electron chi connectivity index (χ3n) is 2.92. The summed E-state index contributed by atoms with van der Waals surface area (Å²) >= 11 is 3.82. The van der Waals surface area contributed by atoms with Gasteiger partial charge in [-0.05, 0) is 53.3 Å². The van der Waals surface area contributed by atoms with E-state index in [9.17, 15) is 18.4 Å². The van der Waals surface area contributed by atoms with Crippen LogP contribution in [-0.4, -0.2) is 12.6 Å². The summed E-state index contributed by atoms with van der Waals surface area (Å²) < 4.78 is 28.0. The molecule has 0 spiro atoms. The van der Waals surface area contributed by atoms with Crippen molar-refractivity contribution >= 4 is 72.8 Å². The van der Waals surface area contributed by atoms with Gasteiger partial charge >= 0.3 is 0 Å². The molecule has 0 aliphatic heterocycles. The van der Waals surface area contributed by atoms with Crippen LogP contribution in [0, 0.1) is 11.6 Å². The van der Waals surface area contributed by atoms with E-state index in [2.05, 4.69) is 0 Å². The quantitative estimate of drug-likeness (QED) is 0.324. The number of benzene rings is 2. The van der Waals surface area contributed by atoms with Crippen LogP contribution in [-0.2, 0) is 0 Å². The Morgan fingerprint density at radius 1 is 0.773 bits per heavy atom. The predicted octanol–water partition coefficient (Wildman–Crippen LogP) is 6.14. The minimum Gasteiger partial charge on any atom is -0.298 e. The fraction of sp³-hybridized carbons (Fsp3) is 0.